The Kier molecular flexibility index (Phi) is 4.92. The standard InChI is InChI=1S/C13H15N3O4/c1-8(6-14)7-16(2)13(20)15-11-4-3-9(17)5-10(11)12(18)19/h3-5,8,17H,7H2,1-2H3,(H,15,20)(H,18,19). The molecule has 0 aliphatic heterocycles. The first-order chi connectivity index (χ1) is 9.35. The fourth-order valence-corrected chi connectivity index (χ4v) is 1.56. The number of carbonyl (C=O) groups is 2. The number of nitrogens with one attached hydrogen (secondary N) is 1. The fourth-order valence-electron chi connectivity index (χ4n) is 1.56. The molecule has 3 N–H and O–H groups in total. The maximum Gasteiger partial charge on any atom is 0.337 e. The molecule has 2 amide bonds. The van der Waals surface area contributed by atoms with E-state index in [9.17, 15) is 14.7 Å². The van der Waals surface area contributed by atoms with Crippen LogP contribution in [-0.2, 0) is 0 Å². The Morgan fingerprint density at radius 2 is 2.15 bits per heavy atom. The maximum absolute atomic E-state index is 11.9. The number of hydrogen-bond donors (Lipinski definition) is 3. The zero-order chi connectivity index (χ0) is 15.3. The van der Waals surface area contributed by atoms with Crippen molar-refractivity contribution in [1.29, 1.82) is 5.26 Å². The van der Waals surface area contributed by atoms with E-state index in [1.54, 1.807) is 6.92 Å². The molecule has 0 heterocycles. The van der Waals surface area contributed by atoms with Gasteiger partial charge in [-0.3, -0.25) is 0 Å². The molecule has 1 aromatic carbocycles. The van der Waals surface area contributed by atoms with Gasteiger partial charge in [-0.15, -0.1) is 0 Å². The molecular weight excluding hydrogens is 262 g/mol. The van der Waals surface area contributed by atoms with Crippen molar-refractivity contribution < 1.29 is 19.8 Å². The van der Waals surface area contributed by atoms with Gasteiger partial charge in [0, 0.05) is 13.6 Å². The van der Waals surface area contributed by atoms with E-state index < -0.39 is 12.0 Å². The van der Waals surface area contributed by atoms with Crippen LogP contribution >= 0.6 is 0 Å². The fraction of sp³-hybridized carbons (Fsp3) is 0.308. The summed E-state index contributed by atoms with van der Waals surface area (Å²) in [5.74, 6) is -1.79. The molecule has 1 aromatic rings. The molecule has 1 atom stereocenters. The molecule has 0 aliphatic carbocycles. The molecule has 0 aromatic heterocycles. The van der Waals surface area contributed by atoms with Crippen LogP contribution in [0.15, 0.2) is 18.2 Å². The lowest BCUT2D eigenvalue weighted by Crippen LogP contribution is -2.34. The number of anilines is 1. The predicted molar refractivity (Wildman–Crippen MR) is 71.5 cm³/mol. The van der Waals surface area contributed by atoms with Crippen molar-refractivity contribution in [3.63, 3.8) is 0 Å². The molecule has 7 nitrogen and oxygen atoms in total. The predicted octanol–water partition coefficient (Wildman–Crippen LogP) is 1.71. The van der Waals surface area contributed by atoms with E-state index >= 15 is 0 Å². The Bertz CT molecular complexity index is 565. The average molecular weight is 277 g/mol. The molecule has 106 valence electrons. The maximum atomic E-state index is 11.9. The summed E-state index contributed by atoms with van der Waals surface area (Å²) in [6.45, 7) is 1.90. The lowest BCUT2D eigenvalue weighted by Gasteiger charge is -2.19. The van der Waals surface area contributed by atoms with Gasteiger partial charge in [0.2, 0.25) is 0 Å². The van der Waals surface area contributed by atoms with Crippen LogP contribution in [0.5, 0.6) is 5.75 Å². The molecule has 1 rings (SSSR count). The van der Waals surface area contributed by atoms with Crippen LogP contribution in [-0.4, -0.2) is 40.7 Å². The number of amides is 2. The number of rotatable bonds is 4. The minimum absolute atomic E-state index is 0.0803. The number of nitrogens with zero attached hydrogens (tertiary/aromatic N) is 2. The number of phenols is 1. The minimum Gasteiger partial charge on any atom is -0.508 e. The van der Waals surface area contributed by atoms with Gasteiger partial charge in [0.1, 0.15) is 5.75 Å². The summed E-state index contributed by atoms with van der Waals surface area (Å²) in [5, 5.41) is 29.4. The van der Waals surface area contributed by atoms with E-state index in [4.69, 9.17) is 10.4 Å². The van der Waals surface area contributed by atoms with Crippen molar-refractivity contribution in [2.75, 3.05) is 18.9 Å². The summed E-state index contributed by atoms with van der Waals surface area (Å²) >= 11 is 0. The summed E-state index contributed by atoms with van der Waals surface area (Å²) in [4.78, 5) is 24.2. The third-order valence-electron chi connectivity index (χ3n) is 2.59. The monoisotopic (exact) mass is 277 g/mol. The van der Waals surface area contributed by atoms with E-state index in [0.717, 1.165) is 6.07 Å². The van der Waals surface area contributed by atoms with E-state index in [-0.39, 0.29) is 29.5 Å². The first-order valence-corrected chi connectivity index (χ1v) is 5.83. The van der Waals surface area contributed by atoms with Gasteiger partial charge in [0.05, 0.1) is 23.2 Å². The third kappa shape index (κ3) is 3.88. The van der Waals surface area contributed by atoms with Crippen molar-refractivity contribution in [3.05, 3.63) is 23.8 Å². The minimum atomic E-state index is -1.26. The molecule has 0 radical (unpaired) electrons. The molecule has 0 bridgehead atoms. The SMILES string of the molecule is CC(C#N)CN(C)C(=O)Nc1ccc(O)cc1C(=O)O. The van der Waals surface area contributed by atoms with Crippen LogP contribution in [0.1, 0.15) is 17.3 Å². The van der Waals surface area contributed by atoms with Gasteiger partial charge in [0.25, 0.3) is 0 Å². The Morgan fingerprint density at radius 1 is 1.50 bits per heavy atom. The number of hydrogen-bond acceptors (Lipinski definition) is 4. The largest absolute Gasteiger partial charge is 0.508 e. The van der Waals surface area contributed by atoms with Gasteiger partial charge in [-0.1, -0.05) is 0 Å². The van der Waals surface area contributed by atoms with Crippen molar-refractivity contribution in [1.82, 2.24) is 4.90 Å². The smallest absolute Gasteiger partial charge is 0.337 e. The molecule has 7 heteroatoms. The molecule has 20 heavy (non-hydrogen) atoms. The summed E-state index contributed by atoms with van der Waals surface area (Å²) in [5.41, 5.74) is -0.128. The molecule has 0 fully saturated rings. The van der Waals surface area contributed by atoms with E-state index in [1.807, 2.05) is 6.07 Å². The second-order valence-corrected chi connectivity index (χ2v) is 4.38. The number of phenolic OH excluding ortho intramolecular Hbond substituents is 1. The Labute approximate surface area is 116 Å². The number of aromatic carboxylic acids is 1. The van der Waals surface area contributed by atoms with Gasteiger partial charge in [-0.2, -0.15) is 5.26 Å². The number of urea groups is 1. The van der Waals surface area contributed by atoms with E-state index in [2.05, 4.69) is 5.32 Å². The highest BCUT2D eigenvalue weighted by molar-refractivity contribution is 6.00. The molecule has 1 unspecified atom stereocenters. The van der Waals surface area contributed by atoms with E-state index in [1.165, 1.54) is 24.1 Å². The van der Waals surface area contributed by atoms with Crippen LogP contribution in [0, 0.1) is 17.2 Å². The van der Waals surface area contributed by atoms with Gasteiger partial charge in [0.15, 0.2) is 0 Å². The first-order valence-electron chi connectivity index (χ1n) is 5.83. The van der Waals surface area contributed by atoms with Crippen LogP contribution in [0.25, 0.3) is 0 Å². The number of carbonyl (C=O) groups excluding carboxylic acids is 1. The van der Waals surface area contributed by atoms with Crippen LogP contribution < -0.4 is 5.32 Å². The van der Waals surface area contributed by atoms with Crippen molar-refractivity contribution in [2.45, 2.75) is 6.92 Å². The third-order valence-corrected chi connectivity index (χ3v) is 2.59. The topological polar surface area (TPSA) is 114 Å². The lowest BCUT2D eigenvalue weighted by atomic mass is 10.1. The Balaban J connectivity index is 2.86. The summed E-state index contributed by atoms with van der Waals surface area (Å²) < 4.78 is 0. The molecule has 0 saturated carbocycles. The Morgan fingerprint density at radius 3 is 2.70 bits per heavy atom. The number of aromatic hydroxyl groups is 1. The van der Waals surface area contributed by atoms with Crippen molar-refractivity contribution >= 4 is 17.7 Å². The quantitative estimate of drug-likeness (QED) is 0.725. The van der Waals surface area contributed by atoms with Crippen LogP contribution in [0.4, 0.5) is 10.5 Å². The van der Waals surface area contributed by atoms with E-state index in [0.29, 0.717) is 0 Å². The first kappa shape index (κ1) is 15.3. The summed E-state index contributed by atoms with van der Waals surface area (Å²) in [7, 11) is 1.50. The number of carboxylic acid groups (broad SMARTS) is 1. The van der Waals surface area contributed by atoms with Gasteiger partial charge in [-0.25, -0.2) is 9.59 Å². The highest BCUT2D eigenvalue weighted by Gasteiger charge is 2.16. The highest BCUT2D eigenvalue weighted by Crippen LogP contribution is 2.21. The van der Waals surface area contributed by atoms with Crippen LogP contribution in [0.2, 0.25) is 0 Å². The van der Waals surface area contributed by atoms with Crippen LogP contribution in [0.3, 0.4) is 0 Å². The van der Waals surface area contributed by atoms with Gasteiger partial charge >= 0.3 is 12.0 Å². The second kappa shape index (κ2) is 6.43. The average Bonchev–Trinajstić information content (AvgIpc) is 2.40. The summed E-state index contributed by atoms with van der Waals surface area (Å²) in [6, 6.07) is 5.11. The number of benzene rings is 1. The van der Waals surface area contributed by atoms with Crippen molar-refractivity contribution in [2.24, 2.45) is 5.92 Å². The molecular formula is C13H15N3O4. The second-order valence-electron chi connectivity index (χ2n) is 4.38. The van der Waals surface area contributed by atoms with Gasteiger partial charge in [-0.05, 0) is 25.1 Å². The zero-order valence-electron chi connectivity index (χ0n) is 11.1. The number of carboxylic acids is 1. The highest BCUT2D eigenvalue weighted by atomic mass is 16.4. The molecule has 0 aliphatic rings. The molecule has 0 saturated heterocycles. The lowest BCUT2D eigenvalue weighted by molar-refractivity contribution is 0.0697. The van der Waals surface area contributed by atoms with Gasteiger partial charge < -0.3 is 20.4 Å². The number of nitriles is 1. The normalized spacial score (nSPS) is 11.2. The zero-order valence-corrected chi connectivity index (χ0v) is 11.1. The van der Waals surface area contributed by atoms with Crippen molar-refractivity contribution in [3.8, 4) is 11.8 Å². The Hall–Kier alpha value is -2.75. The summed E-state index contributed by atoms with van der Waals surface area (Å²) in [6.07, 6.45) is 0. The molecule has 0 spiro atoms.